The van der Waals surface area contributed by atoms with Crippen LogP contribution >= 0.6 is 0 Å². The number of hydrogen-bond acceptors (Lipinski definition) is 3. The number of rotatable bonds is 7. The maximum absolute atomic E-state index is 12.9. The van der Waals surface area contributed by atoms with Crippen LogP contribution in [0.1, 0.15) is 20.8 Å². The number of nitrogens with zero attached hydrogens (tertiary/aromatic N) is 2. The number of nitrogens with one attached hydrogen (secondary N) is 2. The van der Waals surface area contributed by atoms with Crippen LogP contribution in [0.15, 0.2) is 59.3 Å². The van der Waals surface area contributed by atoms with Crippen LogP contribution < -0.4 is 11.0 Å². The SMILES string of the molecule is C=C/C(=C\C=C(/C)F)Nc1ccc2c(c1)[nH]c(=O)n2C(C)(C)CN(C)C. The molecule has 26 heavy (non-hydrogen) atoms. The second kappa shape index (κ2) is 7.74. The highest BCUT2D eigenvalue weighted by Gasteiger charge is 2.25. The Morgan fingerprint density at radius 3 is 2.65 bits per heavy atom. The van der Waals surface area contributed by atoms with Crippen molar-refractivity contribution in [3.63, 3.8) is 0 Å². The van der Waals surface area contributed by atoms with Gasteiger partial charge in [0.2, 0.25) is 0 Å². The molecule has 2 rings (SSSR count). The Bertz CT molecular complexity index is 912. The van der Waals surface area contributed by atoms with E-state index in [4.69, 9.17) is 0 Å². The van der Waals surface area contributed by atoms with E-state index in [0.29, 0.717) is 5.70 Å². The van der Waals surface area contributed by atoms with Gasteiger partial charge in [0.15, 0.2) is 0 Å². The Morgan fingerprint density at radius 1 is 1.38 bits per heavy atom. The van der Waals surface area contributed by atoms with Crippen LogP contribution in [0.5, 0.6) is 0 Å². The summed E-state index contributed by atoms with van der Waals surface area (Å²) < 4.78 is 14.7. The highest BCUT2D eigenvalue weighted by Crippen LogP contribution is 2.23. The molecule has 1 heterocycles. The third-order valence-electron chi connectivity index (χ3n) is 3.99. The summed E-state index contributed by atoms with van der Waals surface area (Å²) in [6, 6.07) is 5.66. The lowest BCUT2D eigenvalue weighted by molar-refractivity contribution is 0.242. The fourth-order valence-corrected chi connectivity index (χ4v) is 3.17. The van der Waals surface area contributed by atoms with E-state index in [9.17, 15) is 9.18 Å². The molecule has 1 aromatic carbocycles. The molecule has 2 N–H and O–H groups in total. The number of aromatic amines is 1. The van der Waals surface area contributed by atoms with Gasteiger partial charge < -0.3 is 15.2 Å². The van der Waals surface area contributed by atoms with Gasteiger partial charge in [-0.3, -0.25) is 4.57 Å². The summed E-state index contributed by atoms with van der Waals surface area (Å²) in [4.78, 5) is 17.5. The molecule has 0 aliphatic rings. The summed E-state index contributed by atoms with van der Waals surface area (Å²) in [6.45, 7) is 9.92. The van der Waals surface area contributed by atoms with Gasteiger partial charge in [0.05, 0.1) is 22.4 Å². The molecule has 0 aliphatic heterocycles. The zero-order valence-corrected chi connectivity index (χ0v) is 16.1. The van der Waals surface area contributed by atoms with Crippen LogP contribution in [0.2, 0.25) is 0 Å². The molecule has 0 unspecified atom stereocenters. The Hall–Kier alpha value is -2.60. The molecule has 2 aromatic rings. The summed E-state index contributed by atoms with van der Waals surface area (Å²) in [5, 5.41) is 3.17. The molecule has 0 saturated heterocycles. The van der Waals surface area contributed by atoms with Gasteiger partial charge in [-0.15, -0.1) is 0 Å². The second-order valence-corrected chi connectivity index (χ2v) is 7.25. The third kappa shape index (κ3) is 4.52. The van der Waals surface area contributed by atoms with E-state index in [0.717, 1.165) is 23.3 Å². The van der Waals surface area contributed by atoms with Gasteiger partial charge in [0.1, 0.15) is 0 Å². The molecule has 0 fully saturated rings. The number of fused-ring (bicyclic) bond motifs is 1. The molecular weight excluding hydrogens is 331 g/mol. The lowest BCUT2D eigenvalue weighted by Crippen LogP contribution is -2.42. The number of aromatic nitrogens is 2. The molecule has 6 heteroatoms. The van der Waals surface area contributed by atoms with E-state index in [-0.39, 0.29) is 17.1 Å². The van der Waals surface area contributed by atoms with E-state index >= 15 is 0 Å². The third-order valence-corrected chi connectivity index (χ3v) is 3.99. The van der Waals surface area contributed by atoms with Crippen molar-refractivity contribution in [1.82, 2.24) is 14.5 Å². The molecular formula is C20H27FN4O. The fourth-order valence-electron chi connectivity index (χ4n) is 3.17. The standard InChI is InChI=1S/C20H27FN4O/c1-7-15(9-8-14(2)21)22-16-10-11-18-17(12-16)23-19(26)25(18)20(3,4)13-24(5)6/h7-12,22H,1,13H2,2-6H3,(H,23,26)/b14-8+,15-9+. The Balaban J connectivity index is 2.42. The summed E-state index contributed by atoms with van der Waals surface area (Å²) in [7, 11) is 3.97. The Labute approximate surface area is 153 Å². The summed E-state index contributed by atoms with van der Waals surface area (Å²) in [5.41, 5.74) is 2.54. The summed E-state index contributed by atoms with van der Waals surface area (Å²) >= 11 is 0. The lowest BCUT2D eigenvalue weighted by atomic mass is 10.0. The minimum atomic E-state index is -0.358. The van der Waals surface area contributed by atoms with E-state index in [1.165, 1.54) is 13.0 Å². The maximum atomic E-state index is 12.9. The lowest BCUT2D eigenvalue weighted by Gasteiger charge is -2.29. The average Bonchev–Trinajstić information content (AvgIpc) is 2.85. The van der Waals surface area contributed by atoms with Gasteiger partial charge in [0, 0.05) is 17.9 Å². The van der Waals surface area contributed by atoms with Crippen molar-refractivity contribution < 1.29 is 4.39 Å². The first kappa shape index (κ1) is 19.7. The van der Waals surface area contributed by atoms with Crippen molar-refractivity contribution in [3.05, 3.63) is 65.0 Å². The van der Waals surface area contributed by atoms with Crippen molar-refractivity contribution in [2.75, 3.05) is 26.0 Å². The van der Waals surface area contributed by atoms with E-state index in [2.05, 4.69) is 21.8 Å². The monoisotopic (exact) mass is 358 g/mol. The number of anilines is 1. The topological polar surface area (TPSA) is 53.1 Å². The van der Waals surface area contributed by atoms with Crippen molar-refractivity contribution >= 4 is 16.7 Å². The van der Waals surface area contributed by atoms with Gasteiger partial charge in [-0.05, 0) is 71.3 Å². The zero-order valence-electron chi connectivity index (χ0n) is 16.1. The quantitative estimate of drug-likeness (QED) is 0.736. The van der Waals surface area contributed by atoms with Crippen LogP contribution in [0.3, 0.4) is 0 Å². The number of likely N-dealkylation sites (N-methyl/N-ethyl adjacent to an activating group) is 1. The van der Waals surface area contributed by atoms with E-state index in [1.807, 2.05) is 46.1 Å². The molecule has 0 spiro atoms. The Morgan fingerprint density at radius 2 is 2.08 bits per heavy atom. The van der Waals surface area contributed by atoms with Gasteiger partial charge >= 0.3 is 5.69 Å². The Kier molecular flexibility index (Phi) is 5.87. The van der Waals surface area contributed by atoms with Crippen LogP contribution in [0.25, 0.3) is 11.0 Å². The van der Waals surface area contributed by atoms with Crippen molar-refractivity contribution in [2.45, 2.75) is 26.3 Å². The fraction of sp³-hybridized carbons (Fsp3) is 0.350. The minimum Gasteiger partial charge on any atom is -0.355 e. The summed E-state index contributed by atoms with van der Waals surface area (Å²) in [5.74, 6) is -0.286. The van der Waals surface area contributed by atoms with Crippen molar-refractivity contribution in [1.29, 1.82) is 0 Å². The first-order valence-corrected chi connectivity index (χ1v) is 8.47. The molecule has 0 amide bonds. The average molecular weight is 358 g/mol. The maximum Gasteiger partial charge on any atom is 0.327 e. The molecule has 5 nitrogen and oxygen atoms in total. The molecule has 0 bridgehead atoms. The molecule has 0 aliphatic carbocycles. The number of H-pyrrole nitrogens is 1. The minimum absolute atomic E-state index is 0.139. The van der Waals surface area contributed by atoms with E-state index in [1.54, 1.807) is 16.7 Å². The van der Waals surface area contributed by atoms with Crippen LogP contribution in [0.4, 0.5) is 10.1 Å². The van der Waals surface area contributed by atoms with Crippen molar-refractivity contribution in [3.8, 4) is 0 Å². The molecule has 0 radical (unpaired) electrons. The molecule has 1 aromatic heterocycles. The molecule has 140 valence electrons. The van der Waals surface area contributed by atoms with Gasteiger partial charge in [0.25, 0.3) is 0 Å². The summed E-state index contributed by atoms with van der Waals surface area (Å²) in [6.07, 6.45) is 4.59. The highest BCUT2D eigenvalue weighted by atomic mass is 19.1. The van der Waals surface area contributed by atoms with Crippen LogP contribution in [0, 0.1) is 0 Å². The number of hydrogen-bond donors (Lipinski definition) is 2. The normalized spacial score (nSPS) is 13.5. The molecule has 0 atom stereocenters. The largest absolute Gasteiger partial charge is 0.355 e. The number of imidazole rings is 1. The highest BCUT2D eigenvalue weighted by molar-refractivity contribution is 5.80. The smallest absolute Gasteiger partial charge is 0.327 e. The first-order chi connectivity index (χ1) is 12.1. The van der Waals surface area contributed by atoms with E-state index < -0.39 is 0 Å². The number of benzene rings is 1. The van der Waals surface area contributed by atoms with Gasteiger partial charge in [-0.1, -0.05) is 6.58 Å². The predicted octanol–water partition coefficient (Wildman–Crippen LogP) is 3.98. The van der Waals surface area contributed by atoms with Gasteiger partial charge in [-0.2, -0.15) is 0 Å². The zero-order chi connectivity index (χ0) is 19.5. The number of halogens is 1. The number of allylic oxidation sites excluding steroid dienone is 4. The second-order valence-electron chi connectivity index (χ2n) is 7.25. The van der Waals surface area contributed by atoms with Crippen molar-refractivity contribution in [2.24, 2.45) is 0 Å². The predicted molar refractivity (Wildman–Crippen MR) is 107 cm³/mol. The first-order valence-electron chi connectivity index (χ1n) is 8.47. The van der Waals surface area contributed by atoms with Crippen LogP contribution in [-0.4, -0.2) is 35.1 Å². The molecule has 0 saturated carbocycles. The van der Waals surface area contributed by atoms with Gasteiger partial charge in [-0.25, -0.2) is 9.18 Å². The van der Waals surface area contributed by atoms with Crippen LogP contribution in [-0.2, 0) is 5.54 Å².